The van der Waals surface area contributed by atoms with Crippen LogP contribution in [0.2, 0.25) is 0 Å². The molecule has 1 aromatic heterocycles. The number of hydrogen-bond donors (Lipinski definition) is 2. The smallest absolute Gasteiger partial charge is 0.0715 e. The molecule has 2 rings (SSSR count). The Kier molecular flexibility index (Phi) is 2.91. The van der Waals surface area contributed by atoms with Gasteiger partial charge in [0.25, 0.3) is 0 Å². The number of nitrogens with one attached hydrogen (secondary N) is 1. The first-order chi connectivity index (χ1) is 6.68. The molecule has 2 unspecified atom stereocenters. The Balaban J connectivity index is 2.01. The quantitative estimate of drug-likeness (QED) is 0.781. The van der Waals surface area contributed by atoms with E-state index in [-0.39, 0.29) is 0 Å². The molecule has 0 aromatic carbocycles. The molecule has 1 saturated heterocycles. The number of rotatable bonds is 2. The summed E-state index contributed by atoms with van der Waals surface area (Å²) in [4.78, 5) is 0. The lowest BCUT2D eigenvalue weighted by atomic mass is 9.84. The highest BCUT2D eigenvalue weighted by molar-refractivity contribution is 7.07. The van der Waals surface area contributed by atoms with Crippen molar-refractivity contribution in [2.24, 2.45) is 0 Å². The van der Waals surface area contributed by atoms with Crippen molar-refractivity contribution in [3.8, 4) is 0 Å². The van der Waals surface area contributed by atoms with Crippen molar-refractivity contribution in [1.82, 2.24) is 5.32 Å². The van der Waals surface area contributed by atoms with E-state index in [1.807, 2.05) is 0 Å². The average molecular weight is 211 g/mol. The van der Waals surface area contributed by atoms with Crippen LogP contribution in [0.4, 0.5) is 0 Å². The summed E-state index contributed by atoms with van der Waals surface area (Å²) in [6, 6.07) is 2.54. The molecule has 1 aromatic rings. The van der Waals surface area contributed by atoms with E-state index in [0.717, 1.165) is 25.8 Å². The maximum Gasteiger partial charge on any atom is 0.0715 e. The first kappa shape index (κ1) is 10.1. The molecule has 78 valence electrons. The molecule has 1 aliphatic heterocycles. The molecule has 0 radical (unpaired) electrons. The third kappa shape index (κ3) is 2.35. The molecule has 14 heavy (non-hydrogen) atoms. The minimum absolute atomic E-state index is 0.437. The van der Waals surface area contributed by atoms with Crippen molar-refractivity contribution >= 4 is 11.3 Å². The molecule has 0 bridgehead atoms. The van der Waals surface area contributed by atoms with Crippen LogP contribution < -0.4 is 5.32 Å². The Bertz CT molecular complexity index is 285. The molecule has 3 heteroatoms. The topological polar surface area (TPSA) is 32.3 Å². The zero-order valence-corrected chi connectivity index (χ0v) is 9.31. The van der Waals surface area contributed by atoms with E-state index in [1.165, 1.54) is 5.56 Å². The van der Waals surface area contributed by atoms with Crippen molar-refractivity contribution in [1.29, 1.82) is 0 Å². The van der Waals surface area contributed by atoms with Crippen molar-refractivity contribution < 1.29 is 5.11 Å². The second kappa shape index (κ2) is 4.01. The summed E-state index contributed by atoms with van der Waals surface area (Å²) in [5.74, 6) is 0. The first-order valence-corrected chi connectivity index (χ1v) is 6.09. The van der Waals surface area contributed by atoms with Crippen LogP contribution in [-0.2, 0) is 6.42 Å². The van der Waals surface area contributed by atoms with E-state index < -0.39 is 5.60 Å². The summed E-state index contributed by atoms with van der Waals surface area (Å²) in [5.41, 5.74) is 0.790. The van der Waals surface area contributed by atoms with Crippen LogP contribution in [0.3, 0.4) is 0 Å². The van der Waals surface area contributed by atoms with Gasteiger partial charge in [-0.25, -0.2) is 0 Å². The van der Waals surface area contributed by atoms with Gasteiger partial charge in [0.1, 0.15) is 0 Å². The van der Waals surface area contributed by atoms with E-state index in [4.69, 9.17) is 0 Å². The van der Waals surface area contributed by atoms with Crippen molar-refractivity contribution in [2.75, 3.05) is 6.54 Å². The van der Waals surface area contributed by atoms with Crippen molar-refractivity contribution in [3.05, 3.63) is 22.4 Å². The largest absolute Gasteiger partial charge is 0.389 e. The molecule has 2 atom stereocenters. The Morgan fingerprint density at radius 1 is 1.71 bits per heavy atom. The minimum atomic E-state index is -0.480. The predicted octanol–water partition coefficient (Wildman–Crippen LogP) is 1.79. The summed E-state index contributed by atoms with van der Waals surface area (Å²) in [5, 5.41) is 17.9. The third-order valence-corrected chi connectivity index (χ3v) is 3.61. The van der Waals surface area contributed by atoms with Gasteiger partial charge in [0.15, 0.2) is 0 Å². The average Bonchev–Trinajstić information content (AvgIpc) is 2.55. The standard InChI is InChI=1S/C11H17NOS/c1-9-6-11(13,3-4-12-9)7-10-2-5-14-8-10/h2,5,8-9,12-13H,3-4,6-7H2,1H3. The predicted molar refractivity (Wildman–Crippen MR) is 59.7 cm³/mol. The molecule has 0 aliphatic carbocycles. The molecule has 2 heterocycles. The van der Waals surface area contributed by atoms with E-state index in [2.05, 4.69) is 29.1 Å². The van der Waals surface area contributed by atoms with Crippen LogP contribution in [0.1, 0.15) is 25.3 Å². The minimum Gasteiger partial charge on any atom is -0.389 e. The van der Waals surface area contributed by atoms with Crippen molar-refractivity contribution in [3.63, 3.8) is 0 Å². The van der Waals surface area contributed by atoms with Crippen LogP contribution in [0.25, 0.3) is 0 Å². The van der Waals surface area contributed by atoms with Gasteiger partial charge < -0.3 is 10.4 Å². The second-order valence-corrected chi connectivity index (χ2v) is 5.12. The number of hydrogen-bond acceptors (Lipinski definition) is 3. The van der Waals surface area contributed by atoms with Gasteiger partial charge in [-0.15, -0.1) is 0 Å². The highest BCUT2D eigenvalue weighted by Gasteiger charge is 2.32. The molecule has 2 nitrogen and oxygen atoms in total. The molecular formula is C11H17NOS. The molecule has 1 aliphatic rings. The van der Waals surface area contributed by atoms with Gasteiger partial charge in [-0.1, -0.05) is 0 Å². The monoisotopic (exact) mass is 211 g/mol. The maximum atomic E-state index is 10.4. The molecule has 2 N–H and O–H groups in total. The van der Waals surface area contributed by atoms with Crippen molar-refractivity contribution in [2.45, 2.75) is 37.8 Å². The molecular weight excluding hydrogens is 194 g/mol. The highest BCUT2D eigenvalue weighted by atomic mass is 32.1. The van der Waals surface area contributed by atoms with Gasteiger partial charge in [-0.2, -0.15) is 11.3 Å². The number of thiophene rings is 1. The zero-order chi connectivity index (χ0) is 10.0. The fraction of sp³-hybridized carbons (Fsp3) is 0.636. The van der Waals surface area contributed by atoms with Gasteiger partial charge in [0, 0.05) is 12.5 Å². The lowest BCUT2D eigenvalue weighted by Gasteiger charge is -2.36. The van der Waals surface area contributed by atoms with Crippen LogP contribution >= 0.6 is 11.3 Å². The summed E-state index contributed by atoms with van der Waals surface area (Å²) >= 11 is 1.70. The molecule has 1 fully saturated rings. The number of aliphatic hydroxyl groups is 1. The molecule has 0 amide bonds. The normalized spacial score (nSPS) is 33.1. The lowest BCUT2D eigenvalue weighted by molar-refractivity contribution is -0.00117. The fourth-order valence-electron chi connectivity index (χ4n) is 2.23. The van der Waals surface area contributed by atoms with Crippen LogP contribution in [-0.4, -0.2) is 23.3 Å². The van der Waals surface area contributed by atoms with Gasteiger partial charge in [-0.3, -0.25) is 0 Å². The lowest BCUT2D eigenvalue weighted by Crippen LogP contribution is -2.47. The van der Waals surface area contributed by atoms with E-state index in [1.54, 1.807) is 11.3 Å². The van der Waals surface area contributed by atoms with Crippen LogP contribution in [0.15, 0.2) is 16.8 Å². The fourth-order valence-corrected chi connectivity index (χ4v) is 2.90. The summed E-state index contributed by atoms with van der Waals surface area (Å²) in [6.45, 7) is 3.07. The Labute approximate surface area is 89.0 Å². The van der Waals surface area contributed by atoms with E-state index in [9.17, 15) is 5.11 Å². The van der Waals surface area contributed by atoms with Gasteiger partial charge in [0.2, 0.25) is 0 Å². The first-order valence-electron chi connectivity index (χ1n) is 5.15. The number of piperidine rings is 1. The Hall–Kier alpha value is -0.380. The van der Waals surface area contributed by atoms with Crippen LogP contribution in [0, 0.1) is 0 Å². The summed E-state index contributed by atoms with van der Waals surface area (Å²) < 4.78 is 0. The second-order valence-electron chi connectivity index (χ2n) is 4.34. The van der Waals surface area contributed by atoms with E-state index >= 15 is 0 Å². The maximum absolute atomic E-state index is 10.4. The van der Waals surface area contributed by atoms with Gasteiger partial charge in [0.05, 0.1) is 5.60 Å². The highest BCUT2D eigenvalue weighted by Crippen LogP contribution is 2.26. The van der Waals surface area contributed by atoms with Gasteiger partial charge >= 0.3 is 0 Å². The summed E-state index contributed by atoms with van der Waals surface area (Å²) in [7, 11) is 0. The third-order valence-electron chi connectivity index (χ3n) is 2.88. The Morgan fingerprint density at radius 2 is 2.57 bits per heavy atom. The zero-order valence-electron chi connectivity index (χ0n) is 8.49. The summed E-state index contributed by atoms with van der Waals surface area (Å²) in [6.07, 6.45) is 2.54. The SMILES string of the molecule is CC1CC(O)(Cc2ccsc2)CCN1. The Morgan fingerprint density at radius 3 is 3.21 bits per heavy atom. The van der Waals surface area contributed by atoms with E-state index in [0.29, 0.717) is 6.04 Å². The molecule has 0 spiro atoms. The molecule has 0 saturated carbocycles. The van der Waals surface area contributed by atoms with Gasteiger partial charge in [-0.05, 0) is 48.7 Å². The van der Waals surface area contributed by atoms with Crippen LogP contribution in [0.5, 0.6) is 0 Å².